The van der Waals surface area contributed by atoms with Gasteiger partial charge in [-0.2, -0.15) is 0 Å². The van der Waals surface area contributed by atoms with Crippen molar-refractivity contribution in [3.8, 4) is 0 Å². The molecule has 0 N–H and O–H groups in total. The number of ketones is 1. The zero-order valence-electron chi connectivity index (χ0n) is 7.61. The van der Waals surface area contributed by atoms with Crippen LogP contribution < -0.4 is 0 Å². The maximum atomic E-state index is 11.2. The topological polar surface area (TPSA) is 54.5 Å². The molecule has 0 aromatic rings. The van der Waals surface area contributed by atoms with Gasteiger partial charge >= 0.3 is 0 Å². The molecule has 13 heavy (non-hydrogen) atoms. The minimum absolute atomic E-state index is 0.106. The van der Waals surface area contributed by atoms with Crippen molar-refractivity contribution in [1.29, 1.82) is 0 Å². The third kappa shape index (κ3) is 2.02. The van der Waals surface area contributed by atoms with Gasteiger partial charge in [0.1, 0.15) is 0 Å². The molecule has 0 spiro atoms. The molecule has 70 valence electrons. The van der Waals surface area contributed by atoms with Crippen LogP contribution in [0.4, 0.5) is 0 Å². The predicted octanol–water partition coefficient (Wildman–Crippen LogP) is 0.137. The molecule has 0 unspecified atom stereocenters. The number of hydrogen-bond acceptors (Lipinski definition) is 3. The fraction of sp³-hybridized carbons (Fsp3) is 0.444. The number of nitrogens with zero attached hydrogens (tertiary/aromatic N) is 1. The van der Waals surface area contributed by atoms with E-state index in [0.717, 1.165) is 4.90 Å². The average molecular weight is 181 g/mol. The van der Waals surface area contributed by atoms with Gasteiger partial charge in [0.05, 0.1) is 6.54 Å². The summed E-state index contributed by atoms with van der Waals surface area (Å²) in [6.07, 6.45) is 2.35. The van der Waals surface area contributed by atoms with Crippen LogP contribution in [0, 0.1) is 5.92 Å². The molecule has 0 saturated carbocycles. The van der Waals surface area contributed by atoms with E-state index in [0.29, 0.717) is 0 Å². The minimum atomic E-state index is -0.404. The molecule has 0 bridgehead atoms. The lowest BCUT2D eigenvalue weighted by molar-refractivity contribution is -0.141. The molecule has 0 fully saturated rings. The van der Waals surface area contributed by atoms with Gasteiger partial charge < -0.3 is 0 Å². The second-order valence-electron chi connectivity index (χ2n) is 3.22. The quantitative estimate of drug-likeness (QED) is 0.582. The third-order valence-corrected chi connectivity index (χ3v) is 1.86. The zero-order valence-corrected chi connectivity index (χ0v) is 7.61. The van der Waals surface area contributed by atoms with Crippen LogP contribution in [-0.2, 0) is 14.4 Å². The van der Waals surface area contributed by atoms with Crippen LogP contribution in [0.2, 0.25) is 0 Å². The van der Waals surface area contributed by atoms with E-state index in [2.05, 4.69) is 0 Å². The van der Waals surface area contributed by atoms with E-state index in [1.807, 2.05) is 0 Å². The maximum absolute atomic E-state index is 11.2. The fourth-order valence-electron chi connectivity index (χ4n) is 0.925. The van der Waals surface area contributed by atoms with Crippen molar-refractivity contribution in [2.24, 2.45) is 5.92 Å². The smallest absolute Gasteiger partial charge is 0.254 e. The molecule has 1 heterocycles. The average Bonchev–Trinajstić information content (AvgIpc) is 2.35. The first-order valence-corrected chi connectivity index (χ1v) is 4.08. The highest BCUT2D eigenvalue weighted by atomic mass is 16.2. The van der Waals surface area contributed by atoms with Crippen molar-refractivity contribution in [3.63, 3.8) is 0 Å². The second kappa shape index (κ2) is 3.51. The Balaban J connectivity index is 2.60. The molecule has 1 aliphatic heterocycles. The molecule has 2 amide bonds. The molecule has 0 aromatic heterocycles. The number of amides is 2. The van der Waals surface area contributed by atoms with E-state index in [9.17, 15) is 14.4 Å². The van der Waals surface area contributed by atoms with Crippen LogP contribution in [0.1, 0.15) is 13.8 Å². The number of imide groups is 1. The Morgan fingerprint density at radius 3 is 2.15 bits per heavy atom. The summed E-state index contributed by atoms with van der Waals surface area (Å²) in [6, 6.07) is 0. The largest absolute Gasteiger partial charge is 0.297 e. The Kier molecular flexibility index (Phi) is 2.60. The number of carbonyl (C=O) groups excluding carboxylic acids is 3. The second-order valence-corrected chi connectivity index (χ2v) is 3.22. The zero-order chi connectivity index (χ0) is 10.0. The van der Waals surface area contributed by atoms with Crippen LogP contribution in [-0.4, -0.2) is 29.0 Å². The Labute approximate surface area is 76.2 Å². The van der Waals surface area contributed by atoms with Crippen molar-refractivity contribution < 1.29 is 14.4 Å². The lowest BCUT2D eigenvalue weighted by Gasteiger charge is -2.13. The van der Waals surface area contributed by atoms with Gasteiger partial charge in [0.2, 0.25) is 0 Å². The highest BCUT2D eigenvalue weighted by Crippen LogP contribution is 2.05. The molecule has 0 aliphatic carbocycles. The maximum Gasteiger partial charge on any atom is 0.254 e. The number of hydrogen-bond donors (Lipinski definition) is 0. The van der Waals surface area contributed by atoms with E-state index in [1.54, 1.807) is 13.8 Å². The first-order valence-electron chi connectivity index (χ1n) is 4.08. The van der Waals surface area contributed by atoms with Gasteiger partial charge in [0.15, 0.2) is 5.78 Å². The van der Waals surface area contributed by atoms with Gasteiger partial charge in [-0.15, -0.1) is 0 Å². The summed E-state index contributed by atoms with van der Waals surface area (Å²) in [5.41, 5.74) is 0. The lowest BCUT2D eigenvalue weighted by atomic mass is 10.1. The van der Waals surface area contributed by atoms with Gasteiger partial charge in [-0.1, -0.05) is 13.8 Å². The summed E-state index contributed by atoms with van der Waals surface area (Å²) >= 11 is 0. The predicted molar refractivity (Wildman–Crippen MR) is 45.7 cm³/mol. The minimum Gasteiger partial charge on any atom is -0.297 e. The molecule has 0 aromatic carbocycles. The van der Waals surface area contributed by atoms with Crippen molar-refractivity contribution in [1.82, 2.24) is 4.90 Å². The van der Waals surface area contributed by atoms with Crippen molar-refractivity contribution >= 4 is 17.6 Å². The van der Waals surface area contributed by atoms with Crippen LogP contribution in [0.15, 0.2) is 12.2 Å². The number of carbonyl (C=O) groups is 3. The summed E-state index contributed by atoms with van der Waals surface area (Å²) in [7, 11) is 0. The summed E-state index contributed by atoms with van der Waals surface area (Å²) in [4.78, 5) is 34.2. The third-order valence-electron chi connectivity index (χ3n) is 1.86. The molecular weight excluding hydrogens is 170 g/mol. The van der Waals surface area contributed by atoms with E-state index >= 15 is 0 Å². The SMILES string of the molecule is CC(C)C(=O)CN1C(=O)C=CC1=O. The number of Topliss-reactive ketones (excluding diaryl/α,β-unsaturated/α-hetero) is 1. The monoisotopic (exact) mass is 181 g/mol. The molecule has 0 atom stereocenters. The molecule has 0 saturated heterocycles. The normalized spacial score (nSPS) is 16.1. The Hall–Kier alpha value is -1.45. The van der Waals surface area contributed by atoms with E-state index in [-0.39, 0.29) is 18.2 Å². The van der Waals surface area contributed by atoms with Gasteiger partial charge in [0.25, 0.3) is 11.8 Å². The molecule has 1 aliphatic rings. The van der Waals surface area contributed by atoms with Gasteiger partial charge in [-0.25, -0.2) is 0 Å². The molecule has 4 nitrogen and oxygen atoms in total. The standard InChI is InChI=1S/C9H11NO3/c1-6(2)7(11)5-10-8(12)3-4-9(10)13/h3-4,6H,5H2,1-2H3. The molecular formula is C9H11NO3. The van der Waals surface area contributed by atoms with E-state index in [1.165, 1.54) is 12.2 Å². The van der Waals surface area contributed by atoms with E-state index in [4.69, 9.17) is 0 Å². The van der Waals surface area contributed by atoms with Gasteiger partial charge in [-0.3, -0.25) is 19.3 Å². The molecule has 4 heteroatoms. The molecule has 1 rings (SSSR count). The summed E-state index contributed by atoms with van der Waals surface area (Å²) in [5.74, 6) is -1.07. The van der Waals surface area contributed by atoms with Crippen molar-refractivity contribution in [3.05, 3.63) is 12.2 Å². The fourth-order valence-corrected chi connectivity index (χ4v) is 0.925. The first kappa shape index (κ1) is 9.64. The van der Waals surface area contributed by atoms with Crippen LogP contribution in [0.5, 0.6) is 0 Å². The highest BCUT2D eigenvalue weighted by molar-refractivity contribution is 6.14. The Morgan fingerprint density at radius 1 is 1.31 bits per heavy atom. The van der Waals surface area contributed by atoms with Gasteiger partial charge in [0, 0.05) is 18.1 Å². The lowest BCUT2D eigenvalue weighted by Crippen LogP contribution is -2.36. The van der Waals surface area contributed by atoms with E-state index < -0.39 is 11.8 Å². The van der Waals surface area contributed by atoms with Crippen LogP contribution >= 0.6 is 0 Å². The summed E-state index contributed by atoms with van der Waals surface area (Å²) in [6.45, 7) is 3.36. The summed E-state index contributed by atoms with van der Waals surface area (Å²) in [5, 5.41) is 0. The Morgan fingerprint density at radius 2 is 1.77 bits per heavy atom. The van der Waals surface area contributed by atoms with Crippen LogP contribution in [0.3, 0.4) is 0 Å². The number of rotatable bonds is 3. The molecule has 0 radical (unpaired) electrons. The van der Waals surface area contributed by atoms with Crippen molar-refractivity contribution in [2.45, 2.75) is 13.8 Å². The highest BCUT2D eigenvalue weighted by Gasteiger charge is 2.26. The summed E-state index contributed by atoms with van der Waals surface area (Å²) < 4.78 is 0. The van der Waals surface area contributed by atoms with Crippen LogP contribution in [0.25, 0.3) is 0 Å². The first-order chi connectivity index (χ1) is 6.02. The van der Waals surface area contributed by atoms with Crippen molar-refractivity contribution in [2.75, 3.05) is 6.54 Å². The Bertz CT molecular complexity index is 273. The van der Waals surface area contributed by atoms with Gasteiger partial charge in [-0.05, 0) is 0 Å².